The summed E-state index contributed by atoms with van der Waals surface area (Å²) < 4.78 is 0. The summed E-state index contributed by atoms with van der Waals surface area (Å²) in [4.78, 5) is 9.45. The van der Waals surface area contributed by atoms with Crippen molar-refractivity contribution in [1.82, 2.24) is 0 Å². The molecule has 0 aliphatic rings. The van der Waals surface area contributed by atoms with E-state index in [4.69, 9.17) is 10.2 Å². The number of hydrogen-bond donors (Lipinski definition) is 2. The van der Waals surface area contributed by atoms with Gasteiger partial charge in [-0.2, -0.15) is 0 Å². The zero-order chi connectivity index (χ0) is 5.15. The molecule has 0 unspecified atom stereocenters. The molecule has 1 atom stereocenters. The molecule has 0 aromatic rings. The third-order valence-corrected chi connectivity index (χ3v) is 0.357. The van der Waals surface area contributed by atoms with E-state index in [0.717, 1.165) is 0 Å². The molecule has 38 valence electrons. The maximum absolute atomic E-state index is 9.45. The van der Waals surface area contributed by atoms with E-state index in [2.05, 4.69) is 0 Å². The Balaban J connectivity index is 0. The van der Waals surface area contributed by atoms with Gasteiger partial charge in [-0.3, -0.25) is 0 Å². The average molecular weight is 114 g/mol. The number of rotatable bonds is 1. The number of aliphatic hydroxyl groups excluding tert-OH is 1. The molecular weight excluding hydrogens is 107 g/mol. The predicted molar refractivity (Wildman–Crippen MR) is 26.5 cm³/mol. The Morgan fingerprint density at radius 3 is 1.86 bits per heavy atom. The zero-order valence-corrected chi connectivity index (χ0v) is 3.38. The van der Waals surface area contributed by atoms with Gasteiger partial charge in [0, 0.05) is 0 Å². The second-order valence-corrected chi connectivity index (χ2v) is 1.01. The standard InChI is InChI=1S/C3H6O3.Na.H/c1-2(4)3(5)6;;/h2,4H,1H3,(H,5,6);;/t2-;;/m0../s1. The molecule has 0 rings (SSSR count). The van der Waals surface area contributed by atoms with Crippen LogP contribution in [0.3, 0.4) is 0 Å². The van der Waals surface area contributed by atoms with Crippen molar-refractivity contribution in [3.8, 4) is 0 Å². The third kappa shape index (κ3) is 6.43. The van der Waals surface area contributed by atoms with E-state index in [9.17, 15) is 4.79 Å². The van der Waals surface area contributed by atoms with Gasteiger partial charge in [0.05, 0.1) is 0 Å². The van der Waals surface area contributed by atoms with Crippen LogP contribution >= 0.6 is 0 Å². The van der Waals surface area contributed by atoms with Crippen molar-refractivity contribution in [1.29, 1.82) is 0 Å². The molecule has 3 nitrogen and oxygen atoms in total. The summed E-state index contributed by atoms with van der Waals surface area (Å²) in [6, 6.07) is 0. The van der Waals surface area contributed by atoms with Crippen LogP contribution in [0.4, 0.5) is 0 Å². The normalized spacial score (nSPS) is 11.7. The van der Waals surface area contributed by atoms with Crippen LogP contribution in [-0.2, 0) is 4.79 Å². The Hall–Kier alpha value is 0.430. The van der Waals surface area contributed by atoms with Crippen molar-refractivity contribution in [3.05, 3.63) is 0 Å². The first kappa shape index (κ1) is 10.4. The molecule has 4 heteroatoms. The van der Waals surface area contributed by atoms with Gasteiger partial charge in [0.2, 0.25) is 0 Å². The minimum absolute atomic E-state index is 0. The SMILES string of the molecule is C[C@H](O)C(=O)O.[NaH]. The molecule has 0 saturated heterocycles. The van der Waals surface area contributed by atoms with Crippen LogP contribution in [0.1, 0.15) is 6.92 Å². The Kier molecular flexibility index (Phi) is 6.82. The van der Waals surface area contributed by atoms with E-state index in [1.54, 1.807) is 0 Å². The van der Waals surface area contributed by atoms with Crippen LogP contribution in [-0.4, -0.2) is 51.8 Å². The molecule has 7 heavy (non-hydrogen) atoms. The number of hydrogen-bond acceptors (Lipinski definition) is 2. The van der Waals surface area contributed by atoms with E-state index in [1.807, 2.05) is 0 Å². The topological polar surface area (TPSA) is 57.5 Å². The van der Waals surface area contributed by atoms with Gasteiger partial charge in [0.25, 0.3) is 0 Å². The van der Waals surface area contributed by atoms with Gasteiger partial charge in [-0.05, 0) is 6.92 Å². The van der Waals surface area contributed by atoms with Crippen molar-refractivity contribution >= 4 is 35.5 Å². The predicted octanol–water partition coefficient (Wildman–Crippen LogP) is -1.20. The summed E-state index contributed by atoms with van der Waals surface area (Å²) in [5, 5.41) is 15.8. The summed E-state index contributed by atoms with van der Waals surface area (Å²) >= 11 is 0. The van der Waals surface area contributed by atoms with Crippen LogP contribution in [0.15, 0.2) is 0 Å². The Morgan fingerprint density at radius 2 is 1.86 bits per heavy atom. The Labute approximate surface area is 63.6 Å². The molecule has 0 bridgehead atoms. The first-order chi connectivity index (χ1) is 2.64. The Morgan fingerprint density at radius 1 is 1.71 bits per heavy atom. The van der Waals surface area contributed by atoms with E-state index in [0.29, 0.717) is 0 Å². The van der Waals surface area contributed by atoms with Crippen LogP contribution < -0.4 is 0 Å². The maximum atomic E-state index is 9.45. The average Bonchev–Trinajstić information content (AvgIpc) is 1.36. The van der Waals surface area contributed by atoms with Gasteiger partial charge in [0.1, 0.15) is 6.10 Å². The molecule has 0 aliphatic heterocycles. The summed E-state index contributed by atoms with van der Waals surface area (Å²) in [5.41, 5.74) is 0. The van der Waals surface area contributed by atoms with E-state index < -0.39 is 12.1 Å². The quantitative estimate of drug-likeness (QED) is 0.421. The number of carbonyl (C=O) groups is 1. The van der Waals surface area contributed by atoms with Gasteiger partial charge >= 0.3 is 35.5 Å². The van der Waals surface area contributed by atoms with Crippen molar-refractivity contribution in [2.24, 2.45) is 0 Å². The van der Waals surface area contributed by atoms with Crippen LogP contribution in [0.25, 0.3) is 0 Å². The number of carboxylic acid groups (broad SMARTS) is 1. The second kappa shape index (κ2) is 4.59. The third-order valence-electron chi connectivity index (χ3n) is 0.357. The minimum atomic E-state index is -1.23. The van der Waals surface area contributed by atoms with Crippen LogP contribution in [0.2, 0.25) is 0 Å². The van der Waals surface area contributed by atoms with Crippen molar-refractivity contribution < 1.29 is 15.0 Å². The fourth-order valence-corrected chi connectivity index (χ4v) is 0. The van der Waals surface area contributed by atoms with E-state index in [1.165, 1.54) is 6.92 Å². The summed E-state index contributed by atoms with van der Waals surface area (Å²) in [6.45, 7) is 1.20. The van der Waals surface area contributed by atoms with Crippen molar-refractivity contribution in [3.63, 3.8) is 0 Å². The van der Waals surface area contributed by atoms with Crippen LogP contribution in [0.5, 0.6) is 0 Å². The Bertz CT molecular complexity index is 61.2. The first-order valence-electron chi connectivity index (χ1n) is 1.55. The second-order valence-electron chi connectivity index (χ2n) is 1.01. The number of carboxylic acids is 1. The fraction of sp³-hybridized carbons (Fsp3) is 0.667. The summed E-state index contributed by atoms with van der Waals surface area (Å²) in [7, 11) is 0. The summed E-state index contributed by atoms with van der Waals surface area (Å²) in [6.07, 6.45) is -1.23. The molecule has 0 radical (unpaired) electrons. The molecule has 0 spiro atoms. The number of aliphatic hydroxyl groups is 1. The molecule has 0 saturated carbocycles. The molecule has 0 fully saturated rings. The zero-order valence-electron chi connectivity index (χ0n) is 3.38. The molecule has 0 aromatic carbocycles. The molecule has 0 aliphatic carbocycles. The molecule has 2 N–H and O–H groups in total. The molecule has 0 amide bonds. The van der Waals surface area contributed by atoms with E-state index >= 15 is 0 Å². The number of aliphatic carboxylic acids is 1. The monoisotopic (exact) mass is 114 g/mol. The van der Waals surface area contributed by atoms with E-state index in [-0.39, 0.29) is 29.6 Å². The van der Waals surface area contributed by atoms with Gasteiger partial charge in [-0.1, -0.05) is 0 Å². The van der Waals surface area contributed by atoms with Crippen molar-refractivity contribution in [2.45, 2.75) is 13.0 Å². The first-order valence-corrected chi connectivity index (χ1v) is 1.55. The molecule has 0 heterocycles. The van der Waals surface area contributed by atoms with Crippen molar-refractivity contribution in [2.75, 3.05) is 0 Å². The molecular formula is C3H7NaO3. The summed E-state index contributed by atoms with van der Waals surface area (Å²) in [5.74, 6) is -1.19. The van der Waals surface area contributed by atoms with Gasteiger partial charge in [0.15, 0.2) is 0 Å². The van der Waals surface area contributed by atoms with Gasteiger partial charge < -0.3 is 10.2 Å². The van der Waals surface area contributed by atoms with Crippen LogP contribution in [0, 0.1) is 0 Å². The van der Waals surface area contributed by atoms with Gasteiger partial charge in [-0.15, -0.1) is 0 Å². The molecule has 0 aromatic heterocycles. The van der Waals surface area contributed by atoms with Gasteiger partial charge in [-0.25, -0.2) is 4.79 Å². The fourth-order valence-electron chi connectivity index (χ4n) is 0.